The summed E-state index contributed by atoms with van der Waals surface area (Å²) >= 11 is 0. The van der Waals surface area contributed by atoms with Crippen molar-refractivity contribution in [2.24, 2.45) is 0 Å². The molecule has 0 aliphatic rings. The number of halogens is 2. The molecule has 0 atom stereocenters. The first-order chi connectivity index (χ1) is 19.4. The second kappa shape index (κ2) is 18.8. The summed E-state index contributed by atoms with van der Waals surface area (Å²) in [6.45, 7) is 6.81. The first-order valence-electron chi connectivity index (χ1n) is 12.5. The van der Waals surface area contributed by atoms with Gasteiger partial charge in [0.05, 0.1) is 0 Å². The summed E-state index contributed by atoms with van der Waals surface area (Å²) < 4.78 is 43.4. The molecule has 2 radical (unpaired) electrons. The maximum Gasteiger partial charge on any atom is 0.528 e. The molecule has 0 amide bonds. The molecule has 0 bridgehead atoms. The third kappa shape index (κ3) is 13.2. The van der Waals surface area contributed by atoms with Crippen LogP contribution < -0.4 is 13.6 Å². The van der Waals surface area contributed by atoms with Crippen LogP contribution in [-0.2, 0) is 20.1 Å². The maximum absolute atomic E-state index is 13.2. The Labute approximate surface area is 257 Å². The summed E-state index contributed by atoms with van der Waals surface area (Å²) in [6.07, 6.45) is 1.55. The van der Waals surface area contributed by atoms with Gasteiger partial charge in [-0.05, 0) is 48.2 Å². The molecule has 0 N–H and O–H groups in total. The van der Waals surface area contributed by atoms with E-state index >= 15 is 0 Å². The van der Waals surface area contributed by atoms with E-state index in [2.05, 4.69) is 30.7 Å². The zero-order valence-electron chi connectivity index (χ0n) is 22.9. The van der Waals surface area contributed by atoms with Crippen LogP contribution in [0.1, 0.15) is 0 Å². The molecule has 0 saturated heterocycles. The Bertz CT molecular complexity index is 1290. The van der Waals surface area contributed by atoms with E-state index in [1.165, 1.54) is 0 Å². The van der Waals surface area contributed by atoms with Gasteiger partial charge >= 0.3 is 8.60 Å². The topological polar surface area (TPSA) is 40.6 Å². The van der Waals surface area contributed by atoms with Gasteiger partial charge in [0.25, 0.3) is 0 Å². The molecule has 0 saturated carbocycles. The Hall–Kier alpha value is -3.41. The van der Waals surface area contributed by atoms with Gasteiger partial charge in [0.15, 0.2) is 17.2 Å². The third-order valence-electron chi connectivity index (χ3n) is 4.61. The molecule has 1 heterocycles. The quantitative estimate of drug-likeness (QED) is 0.0941. The minimum absolute atomic E-state index is 0. The normalized spacial score (nSPS) is 9.83. The molecule has 0 spiro atoms. The summed E-state index contributed by atoms with van der Waals surface area (Å²) in [5.41, 5.74) is 0.636. The van der Waals surface area contributed by atoms with Gasteiger partial charge in [-0.25, -0.2) is 0 Å². The molecule has 0 aliphatic heterocycles. The van der Waals surface area contributed by atoms with E-state index in [4.69, 9.17) is 13.6 Å². The van der Waals surface area contributed by atoms with Gasteiger partial charge in [-0.1, -0.05) is 98.0 Å². The Morgan fingerprint density at radius 2 is 1.07 bits per heavy atom. The van der Waals surface area contributed by atoms with E-state index in [0.29, 0.717) is 5.69 Å². The summed E-state index contributed by atoms with van der Waals surface area (Å²) in [5.74, 6) is 0.889. The summed E-state index contributed by atoms with van der Waals surface area (Å²) in [4.78, 5) is 3.95. The molecular formula is C32H31F2IrNO3PSi. The van der Waals surface area contributed by atoms with Gasteiger partial charge in [-0.2, -0.15) is 0 Å². The van der Waals surface area contributed by atoms with Crippen LogP contribution in [0.2, 0.25) is 19.6 Å². The monoisotopic (exact) mass is 767 g/mol. The second-order valence-electron chi connectivity index (χ2n) is 8.75. The summed E-state index contributed by atoms with van der Waals surface area (Å²) in [6, 6.07) is 38.1. The Morgan fingerprint density at radius 1 is 0.659 bits per heavy atom. The number of nitrogens with zero attached hydrogens (tertiary/aromatic N) is 1. The number of hydrogen-bond donors (Lipinski definition) is 0. The number of para-hydroxylation sites is 3. The fraction of sp³-hybridized carbons (Fsp3) is 0.0938. The molecule has 4 aromatic carbocycles. The number of aromatic nitrogens is 1. The van der Waals surface area contributed by atoms with Crippen LogP contribution in [0.3, 0.4) is 0 Å². The molecule has 1 aromatic heterocycles. The van der Waals surface area contributed by atoms with Crippen LogP contribution in [-0.4, -0.2) is 13.8 Å². The molecule has 9 heteroatoms. The van der Waals surface area contributed by atoms with Gasteiger partial charge in [0.1, 0.15) is 0 Å². The van der Waals surface area contributed by atoms with Crippen molar-refractivity contribution in [3.63, 3.8) is 0 Å². The van der Waals surface area contributed by atoms with Crippen LogP contribution >= 0.6 is 8.60 Å². The largest absolute Gasteiger partial charge is 0.528 e. The van der Waals surface area contributed by atoms with Gasteiger partial charge < -0.3 is 4.98 Å². The molecule has 41 heavy (non-hydrogen) atoms. The molecule has 0 fully saturated rings. The van der Waals surface area contributed by atoms with Crippen LogP contribution in [0.4, 0.5) is 8.78 Å². The van der Waals surface area contributed by atoms with Crippen LogP contribution in [0.15, 0.2) is 128 Å². The van der Waals surface area contributed by atoms with Crippen LogP contribution in [0.5, 0.6) is 17.2 Å². The van der Waals surface area contributed by atoms with E-state index < -0.39 is 20.2 Å². The number of rotatable bonds is 7. The second-order valence-corrected chi connectivity index (χ2v) is 12.9. The molecule has 0 unspecified atom stereocenters. The van der Waals surface area contributed by atoms with E-state index in [1.807, 2.05) is 91.0 Å². The van der Waals surface area contributed by atoms with Gasteiger partial charge in [0.2, 0.25) is 0 Å². The Balaban J connectivity index is 0.000000266. The third-order valence-corrected chi connectivity index (χ3v) is 5.82. The fourth-order valence-corrected chi connectivity index (χ4v) is 4.08. The minimum atomic E-state index is -2.00. The molecular weight excluding hydrogens is 736 g/mol. The fourth-order valence-electron chi connectivity index (χ4n) is 2.97. The van der Waals surface area contributed by atoms with Crippen molar-refractivity contribution in [2.75, 3.05) is 0 Å². The zero-order chi connectivity index (χ0) is 28.6. The smallest absolute Gasteiger partial charge is 0.305 e. The predicted molar refractivity (Wildman–Crippen MR) is 161 cm³/mol. The van der Waals surface area contributed by atoms with Crippen LogP contribution in [0, 0.1) is 17.7 Å². The van der Waals surface area contributed by atoms with Crippen molar-refractivity contribution in [3.05, 3.63) is 145 Å². The SMILES string of the molecule is C[Si](C)C.Fc1c[c-]c(-c2ccccn2)c(F)c1.[Ir].c1ccc(O[PH+](Oc2ccccc2)Oc2ccccc2)cc1. The zero-order valence-corrected chi connectivity index (χ0v) is 27.3. The number of benzene rings is 4. The van der Waals surface area contributed by atoms with Crippen molar-refractivity contribution >= 4 is 17.4 Å². The van der Waals surface area contributed by atoms with Crippen molar-refractivity contribution in [1.82, 2.24) is 4.98 Å². The summed E-state index contributed by atoms with van der Waals surface area (Å²) in [5, 5.41) is 0. The van der Waals surface area contributed by atoms with E-state index in [9.17, 15) is 8.78 Å². The van der Waals surface area contributed by atoms with Crippen LogP contribution in [0.25, 0.3) is 11.3 Å². The number of pyridine rings is 1. The van der Waals surface area contributed by atoms with Gasteiger partial charge in [0, 0.05) is 46.7 Å². The average molecular weight is 767 g/mol. The average Bonchev–Trinajstić information content (AvgIpc) is 2.95. The molecule has 4 nitrogen and oxygen atoms in total. The van der Waals surface area contributed by atoms with Crippen molar-refractivity contribution in [1.29, 1.82) is 0 Å². The van der Waals surface area contributed by atoms with E-state index in [1.54, 1.807) is 24.4 Å². The molecule has 5 rings (SSSR count). The number of hydrogen-bond acceptors (Lipinski definition) is 4. The van der Waals surface area contributed by atoms with E-state index in [-0.39, 0.29) is 34.5 Å². The Morgan fingerprint density at radius 3 is 1.44 bits per heavy atom. The van der Waals surface area contributed by atoms with E-state index in [0.717, 1.165) is 29.4 Å². The first kappa shape index (κ1) is 33.8. The maximum atomic E-state index is 13.2. The molecule has 214 valence electrons. The van der Waals surface area contributed by atoms with Gasteiger partial charge in [-0.15, -0.1) is 12.1 Å². The first-order valence-corrected chi connectivity index (χ1v) is 16.7. The van der Waals surface area contributed by atoms with Crippen molar-refractivity contribution < 1.29 is 42.5 Å². The summed E-state index contributed by atoms with van der Waals surface area (Å²) in [7, 11) is -1.88. The minimum Gasteiger partial charge on any atom is -0.305 e. The predicted octanol–water partition coefficient (Wildman–Crippen LogP) is 9.38. The standard InChI is InChI=1S/C18H16O3P.C11H6F2N.C3H9Si.Ir/c1-4-10-16(11-5-1)19-22(20-17-12-6-2-7-13-17)21-18-14-8-3-9-15-18;12-8-4-5-9(10(13)7-8)11-3-1-2-6-14-11;1-4(2)3;/h1-15,22H;1-4,6-7H;1-3H3;/q+1;-1;;. The van der Waals surface area contributed by atoms with Crippen molar-refractivity contribution in [2.45, 2.75) is 19.6 Å². The molecule has 5 aromatic rings. The Kier molecular flexibility index (Phi) is 15.5. The molecule has 0 aliphatic carbocycles. The van der Waals surface area contributed by atoms with Crippen molar-refractivity contribution in [3.8, 4) is 28.5 Å². The van der Waals surface area contributed by atoms with Gasteiger partial charge in [-0.3, -0.25) is 22.4 Å².